The maximum Gasteiger partial charge on any atom is 0.241 e. The minimum absolute atomic E-state index is 0.0499. The van der Waals surface area contributed by atoms with Gasteiger partial charge in [-0.05, 0) is 61.4 Å². The minimum atomic E-state index is -3.86. The molecule has 2 heterocycles. The van der Waals surface area contributed by atoms with Gasteiger partial charge in [-0.3, -0.25) is 0 Å². The van der Waals surface area contributed by atoms with E-state index < -0.39 is 19.9 Å². The summed E-state index contributed by atoms with van der Waals surface area (Å²) in [6, 6.07) is 10.2. The lowest BCUT2D eigenvalue weighted by atomic mass is 9.72. The summed E-state index contributed by atoms with van der Waals surface area (Å²) < 4.78 is 61.7. The van der Waals surface area contributed by atoms with E-state index in [0.29, 0.717) is 36.5 Å². The molecule has 2 fully saturated rings. The van der Waals surface area contributed by atoms with Crippen LogP contribution in [0, 0.1) is 6.92 Å². The van der Waals surface area contributed by atoms with Crippen LogP contribution in [0.3, 0.4) is 0 Å². The summed E-state index contributed by atoms with van der Waals surface area (Å²) in [4.78, 5) is 0.508. The standard InChI is InChI=1S/C23H27NO5S2/c1-16-14-19-22(15-21(16)31(27,28)24-17-8-12-29-13-9-17)30(25,26)20-7-3-2-6-18(20)23(19)10-4-5-11-23/h2-3,6-7,14-15,17,24H,4-5,8-13H2,1H3. The van der Waals surface area contributed by atoms with Crippen LogP contribution < -0.4 is 4.72 Å². The highest BCUT2D eigenvalue weighted by Crippen LogP contribution is 2.54. The molecule has 2 aromatic rings. The zero-order valence-corrected chi connectivity index (χ0v) is 19.2. The Morgan fingerprint density at radius 3 is 2.39 bits per heavy atom. The Morgan fingerprint density at radius 2 is 1.68 bits per heavy atom. The molecule has 2 aromatic carbocycles. The normalized spacial score (nSPS) is 22.2. The first-order valence-electron chi connectivity index (χ1n) is 10.9. The maximum atomic E-state index is 13.6. The van der Waals surface area contributed by atoms with Gasteiger partial charge in [-0.25, -0.2) is 21.6 Å². The van der Waals surface area contributed by atoms with Crippen LogP contribution >= 0.6 is 0 Å². The molecule has 1 saturated heterocycles. The van der Waals surface area contributed by atoms with E-state index in [2.05, 4.69) is 4.72 Å². The summed E-state index contributed by atoms with van der Waals surface area (Å²) in [7, 11) is -7.67. The molecule has 1 N–H and O–H groups in total. The van der Waals surface area contributed by atoms with Crippen molar-refractivity contribution in [3.05, 3.63) is 53.1 Å². The van der Waals surface area contributed by atoms with Gasteiger partial charge in [0, 0.05) is 24.7 Å². The van der Waals surface area contributed by atoms with Gasteiger partial charge in [0.1, 0.15) is 0 Å². The Labute approximate surface area is 184 Å². The Hall–Kier alpha value is -1.74. The lowest BCUT2D eigenvalue weighted by Crippen LogP contribution is -2.39. The lowest BCUT2D eigenvalue weighted by Gasteiger charge is -2.38. The number of fused-ring (bicyclic) bond motifs is 4. The number of hydrogen-bond acceptors (Lipinski definition) is 5. The van der Waals surface area contributed by atoms with Crippen molar-refractivity contribution in [1.29, 1.82) is 0 Å². The highest BCUT2D eigenvalue weighted by molar-refractivity contribution is 7.92. The smallest absolute Gasteiger partial charge is 0.241 e. The van der Waals surface area contributed by atoms with E-state index in [1.54, 1.807) is 19.1 Å². The first kappa shape index (κ1) is 21.1. The number of sulfone groups is 1. The number of rotatable bonds is 3. The van der Waals surface area contributed by atoms with Crippen molar-refractivity contribution in [2.45, 2.75) is 71.6 Å². The molecule has 0 unspecified atom stereocenters. The Bertz CT molecular complexity index is 1240. The van der Waals surface area contributed by atoms with Crippen molar-refractivity contribution in [3.8, 4) is 0 Å². The van der Waals surface area contributed by atoms with E-state index >= 15 is 0 Å². The van der Waals surface area contributed by atoms with Gasteiger partial charge in [0.05, 0.1) is 14.7 Å². The SMILES string of the molecule is Cc1cc2c(cc1S(=O)(=O)NC1CCOCC1)S(=O)(=O)c1ccccc1C21CCCC1. The van der Waals surface area contributed by atoms with Crippen molar-refractivity contribution in [1.82, 2.24) is 4.72 Å². The van der Waals surface area contributed by atoms with Crippen LogP contribution in [0.4, 0.5) is 0 Å². The molecule has 0 atom stereocenters. The van der Waals surface area contributed by atoms with Gasteiger partial charge >= 0.3 is 0 Å². The minimum Gasteiger partial charge on any atom is -0.381 e. The van der Waals surface area contributed by atoms with Gasteiger partial charge in [0.25, 0.3) is 0 Å². The molecular formula is C23H27NO5S2. The molecule has 0 radical (unpaired) electrons. The Morgan fingerprint density at radius 1 is 1.00 bits per heavy atom. The summed E-state index contributed by atoms with van der Waals surface area (Å²) in [5, 5.41) is 0. The highest BCUT2D eigenvalue weighted by Gasteiger charge is 2.48. The van der Waals surface area contributed by atoms with E-state index in [-0.39, 0.29) is 21.2 Å². The third-order valence-corrected chi connectivity index (χ3v) is 10.6. The number of benzene rings is 2. The summed E-state index contributed by atoms with van der Waals surface area (Å²) >= 11 is 0. The number of nitrogens with one attached hydrogen (secondary N) is 1. The first-order chi connectivity index (χ1) is 14.8. The molecule has 166 valence electrons. The van der Waals surface area contributed by atoms with Gasteiger partial charge in [-0.1, -0.05) is 37.1 Å². The second kappa shape index (κ2) is 7.40. The second-order valence-corrected chi connectivity index (χ2v) is 12.5. The predicted molar refractivity (Wildman–Crippen MR) is 116 cm³/mol. The van der Waals surface area contributed by atoms with Crippen LogP contribution in [-0.2, 0) is 30.0 Å². The quantitative estimate of drug-likeness (QED) is 0.756. The third kappa shape index (κ3) is 3.26. The van der Waals surface area contributed by atoms with E-state index in [9.17, 15) is 16.8 Å². The highest BCUT2D eigenvalue weighted by atomic mass is 32.2. The molecule has 8 heteroatoms. The molecule has 1 aliphatic carbocycles. The summed E-state index contributed by atoms with van der Waals surface area (Å²) in [5.41, 5.74) is 1.83. The van der Waals surface area contributed by atoms with E-state index in [1.807, 2.05) is 18.2 Å². The van der Waals surface area contributed by atoms with E-state index in [1.165, 1.54) is 6.07 Å². The second-order valence-electron chi connectivity index (χ2n) is 8.91. The van der Waals surface area contributed by atoms with Crippen molar-refractivity contribution in [2.75, 3.05) is 13.2 Å². The molecule has 1 saturated carbocycles. The topological polar surface area (TPSA) is 89.5 Å². The van der Waals surface area contributed by atoms with Crippen LogP contribution in [0.5, 0.6) is 0 Å². The van der Waals surface area contributed by atoms with Crippen molar-refractivity contribution >= 4 is 19.9 Å². The summed E-state index contributed by atoms with van der Waals surface area (Å²) in [5.74, 6) is 0. The van der Waals surface area contributed by atoms with Crippen LogP contribution in [-0.4, -0.2) is 36.1 Å². The number of ether oxygens (including phenoxy) is 1. The van der Waals surface area contributed by atoms with Crippen molar-refractivity contribution in [2.24, 2.45) is 0 Å². The molecule has 0 amide bonds. The van der Waals surface area contributed by atoms with Gasteiger partial charge in [-0.2, -0.15) is 0 Å². The molecule has 0 bridgehead atoms. The van der Waals surface area contributed by atoms with Crippen LogP contribution in [0.1, 0.15) is 55.2 Å². The van der Waals surface area contributed by atoms with Crippen molar-refractivity contribution < 1.29 is 21.6 Å². The molecule has 31 heavy (non-hydrogen) atoms. The largest absolute Gasteiger partial charge is 0.381 e. The molecule has 5 rings (SSSR count). The molecule has 0 aromatic heterocycles. The molecule has 2 aliphatic heterocycles. The van der Waals surface area contributed by atoms with Crippen molar-refractivity contribution in [3.63, 3.8) is 0 Å². The molecule has 3 aliphatic rings. The lowest BCUT2D eigenvalue weighted by molar-refractivity contribution is 0.0832. The van der Waals surface area contributed by atoms with E-state index in [4.69, 9.17) is 4.74 Å². The summed E-state index contributed by atoms with van der Waals surface area (Å²) in [6.07, 6.45) is 5.02. The fourth-order valence-corrected chi connectivity index (χ4v) is 9.03. The average molecular weight is 462 g/mol. The maximum absolute atomic E-state index is 13.6. The van der Waals surface area contributed by atoms with Gasteiger partial charge < -0.3 is 4.74 Å². The van der Waals surface area contributed by atoms with Crippen LogP contribution in [0.25, 0.3) is 0 Å². The monoisotopic (exact) mass is 461 g/mol. The fourth-order valence-electron chi connectivity index (χ4n) is 5.53. The predicted octanol–water partition coefficient (Wildman–Crippen LogP) is 3.46. The molecular weight excluding hydrogens is 434 g/mol. The zero-order chi connectivity index (χ0) is 21.9. The Balaban J connectivity index is 1.68. The van der Waals surface area contributed by atoms with Crippen LogP contribution in [0.2, 0.25) is 0 Å². The van der Waals surface area contributed by atoms with Gasteiger partial charge in [0.15, 0.2) is 0 Å². The first-order valence-corrected chi connectivity index (χ1v) is 13.8. The average Bonchev–Trinajstić information content (AvgIpc) is 3.23. The Kier molecular flexibility index (Phi) is 5.04. The molecule has 6 nitrogen and oxygen atoms in total. The van der Waals surface area contributed by atoms with E-state index in [0.717, 1.165) is 36.8 Å². The summed E-state index contributed by atoms with van der Waals surface area (Å²) in [6.45, 7) is 2.79. The number of sulfonamides is 1. The third-order valence-electron chi connectivity index (χ3n) is 7.06. The molecule has 1 spiro atoms. The number of aryl methyl sites for hydroxylation is 1. The fraction of sp³-hybridized carbons (Fsp3) is 0.478. The zero-order valence-electron chi connectivity index (χ0n) is 17.6. The van der Waals surface area contributed by atoms with Crippen LogP contribution in [0.15, 0.2) is 51.1 Å². The van der Waals surface area contributed by atoms with Gasteiger partial charge in [0.2, 0.25) is 19.9 Å². The number of hydrogen-bond donors (Lipinski definition) is 1. The van der Waals surface area contributed by atoms with Gasteiger partial charge in [-0.15, -0.1) is 0 Å².